The molecule has 0 aliphatic carbocycles. The number of rotatable bonds is 6. The molecular weight excluding hydrogens is 361 g/mol. The zero-order valence-electron chi connectivity index (χ0n) is 10.9. The van der Waals surface area contributed by atoms with Crippen LogP contribution in [-0.2, 0) is 14.3 Å². The second-order valence-corrected chi connectivity index (χ2v) is 4.98. The van der Waals surface area contributed by atoms with Crippen LogP contribution in [0, 0.1) is 3.77 Å². The first-order chi connectivity index (χ1) is 9.02. The number of ether oxygens (including phenoxy) is 1. The summed E-state index contributed by atoms with van der Waals surface area (Å²) in [6, 6.07) is 3.62. The fourth-order valence-electron chi connectivity index (χ4n) is 1.37. The molecule has 19 heavy (non-hydrogen) atoms. The van der Waals surface area contributed by atoms with E-state index in [1.807, 2.05) is 6.07 Å². The van der Waals surface area contributed by atoms with Gasteiger partial charge in [0.15, 0.2) is 3.77 Å². The lowest BCUT2D eigenvalue weighted by Gasteiger charge is -2.14. The minimum absolute atomic E-state index is 0.128. The van der Waals surface area contributed by atoms with Crippen LogP contribution >= 0.6 is 22.6 Å². The number of hydrogen-bond acceptors (Lipinski definition) is 4. The summed E-state index contributed by atoms with van der Waals surface area (Å²) in [4.78, 5) is 24.2. The number of methoxy groups -OCH3 is 1. The zero-order chi connectivity index (χ0) is 14.3. The van der Waals surface area contributed by atoms with E-state index >= 15 is 0 Å². The lowest BCUT2D eigenvalue weighted by Crippen LogP contribution is -2.26. The molecule has 0 N–H and O–H groups in total. The van der Waals surface area contributed by atoms with Crippen molar-refractivity contribution in [1.29, 1.82) is 0 Å². The quantitative estimate of drug-likeness (QED) is 0.434. The van der Waals surface area contributed by atoms with Crippen molar-refractivity contribution in [1.82, 2.24) is 4.90 Å². The van der Waals surface area contributed by atoms with Crippen LogP contribution < -0.4 is 0 Å². The van der Waals surface area contributed by atoms with Gasteiger partial charge in [-0.1, -0.05) is 0 Å². The van der Waals surface area contributed by atoms with Crippen molar-refractivity contribution in [2.45, 2.75) is 12.8 Å². The molecule has 0 atom stereocenters. The summed E-state index contributed by atoms with van der Waals surface area (Å²) >= 11 is 2.06. The Morgan fingerprint density at radius 1 is 1.47 bits per heavy atom. The third-order valence-corrected chi connectivity index (χ3v) is 3.04. The molecule has 0 aliphatic heterocycles. The average Bonchev–Trinajstić information content (AvgIpc) is 2.81. The Kier molecular flexibility index (Phi) is 6.61. The van der Waals surface area contributed by atoms with Gasteiger partial charge < -0.3 is 14.1 Å². The maximum absolute atomic E-state index is 11.7. The molecule has 0 fully saturated rings. The second kappa shape index (κ2) is 7.98. The number of carbonyl (C=O) groups excluding carboxylic acids is 2. The summed E-state index contributed by atoms with van der Waals surface area (Å²) in [5, 5.41) is 0. The number of esters is 1. The van der Waals surface area contributed by atoms with E-state index in [1.54, 1.807) is 24.1 Å². The van der Waals surface area contributed by atoms with Crippen molar-refractivity contribution in [3.8, 4) is 0 Å². The van der Waals surface area contributed by atoms with Gasteiger partial charge in [-0.05, 0) is 47.2 Å². The molecule has 0 aliphatic rings. The summed E-state index contributed by atoms with van der Waals surface area (Å²) in [7, 11) is 3.04. The van der Waals surface area contributed by atoms with E-state index < -0.39 is 0 Å². The molecule has 0 spiro atoms. The Bertz CT molecular complexity index is 467. The van der Waals surface area contributed by atoms with Gasteiger partial charge in [-0.15, -0.1) is 0 Å². The number of likely N-dealkylation sites (N-methyl/N-ethyl adjacent to an activating group) is 1. The Morgan fingerprint density at radius 3 is 2.79 bits per heavy atom. The molecule has 0 aromatic carbocycles. The smallest absolute Gasteiger partial charge is 0.305 e. The largest absolute Gasteiger partial charge is 0.469 e. The van der Waals surface area contributed by atoms with E-state index in [4.69, 9.17) is 4.42 Å². The van der Waals surface area contributed by atoms with Gasteiger partial charge in [-0.25, -0.2) is 0 Å². The number of hydrogen-bond donors (Lipinski definition) is 0. The maximum atomic E-state index is 11.7. The van der Waals surface area contributed by atoms with E-state index in [0.717, 1.165) is 3.77 Å². The van der Waals surface area contributed by atoms with Gasteiger partial charge in [0.1, 0.15) is 5.76 Å². The molecule has 1 aromatic heterocycles. The van der Waals surface area contributed by atoms with Crippen molar-refractivity contribution in [2.75, 3.05) is 20.7 Å². The highest BCUT2D eigenvalue weighted by Crippen LogP contribution is 2.11. The highest BCUT2D eigenvalue weighted by molar-refractivity contribution is 14.1. The summed E-state index contributed by atoms with van der Waals surface area (Å²) in [6.07, 6.45) is 3.98. The van der Waals surface area contributed by atoms with Crippen LogP contribution in [0.5, 0.6) is 0 Å². The predicted octanol–water partition coefficient (Wildman–Crippen LogP) is 2.31. The fourth-order valence-corrected chi connectivity index (χ4v) is 1.81. The van der Waals surface area contributed by atoms with Crippen molar-refractivity contribution < 1.29 is 18.7 Å². The molecule has 5 nitrogen and oxygen atoms in total. The van der Waals surface area contributed by atoms with E-state index in [-0.39, 0.29) is 11.9 Å². The fraction of sp³-hybridized carbons (Fsp3) is 0.385. The van der Waals surface area contributed by atoms with Gasteiger partial charge >= 0.3 is 5.97 Å². The maximum Gasteiger partial charge on any atom is 0.305 e. The number of halogens is 1. The van der Waals surface area contributed by atoms with Crippen LogP contribution in [0.3, 0.4) is 0 Å². The molecule has 6 heteroatoms. The Balaban J connectivity index is 2.36. The van der Waals surface area contributed by atoms with E-state index in [1.165, 1.54) is 13.2 Å². The minimum atomic E-state index is -0.262. The van der Waals surface area contributed by atoms with Gasteiger partial charge in [-0.2, -0.15) is 0 Å². The van der Waals surface area contributed by atoms with Crippen LogP contribution in [0.2, 0.25) is 0 Å². The zero-order valence-corrected chi connectivity index (χ0v) is 13.0. The van der Waals surface area contributed by atoms with Crippen LogP contribution in [0.4, 0.5) is 0 Å². The molecule has 104 valence electrons. The van der Waals surface area contributed by atoms with Crippen LogP contribution in [-0.4, -0.2) is 37.5 Å². The van der Waals surface area contributed by atoms with Gasteiger partial charge in [0, 0.05) is 26.1 Å². The van der Waals surface area contributed by atoms with Gasteiger partial charge in [-0.3, -0.25) is 9.59 Å². The summed E-state index contributed by atoms with van der Waals surface area (Å²) in [5.74, 6) is 0.249. The topological polar surface area (TPSA) is 59.8 Å². The van der Waals surface area contributed by atoms with Gasteiger partial charge in [0.2, 0.25) is 5.91 Å². The molecule has 0 bridgehead atoms. The molecule has 1 heterocycles. The lowest BCUT2D eigenvalue weighted by molar-refractivity contribution is -0.141. The number of furan rings is 1. The molecule has 0 unspecified atom stereocenters. The SMILES string of the molecule is COC(=O)CCCN(C)C(=O)/C=C/c1ccc(I)o1. The second-order valence-electron chi connectivity index (χ2n) is 3.91. The van der Waals surface area contributed by atoms with E-state index in [9.17, 15) is 9.59 Å². The Hall–Kier alpha value is -1.31. The minimum Gasteiger partial charge on any atom is -0.469 e. The molecule has 1 rings (SSSR count). The number of amides is 1. The standard InChI is InChI=1S/C13H16INO4/c1-15(9-3-4-13(17)18-2)12(16)8-6-10-5-7-11(14)19-10/h5-8H,3-4,9H2,1-2H3/b8-6+. The third kappa shape index (κ3) is 5.91. The number of carbonyl (C=O) groups is 2. The summed E-state index contributed by atoms with van der Waals surface area (Å²) in [6.45, 7) is 0.508. The summed E-state index contributed by atoms with van der Waals surface area (Å²) in [5.41, 5.74) is 0. The summed E-state index contributed by atoms with van der Waals surface area (Å²) < 4.78 is 10.6. The van der Waals surface area contributed by atoms with E-state index in [2.05, 4.69) is 27.3 Å². The van der Waals surface area contributed by atoms with Crippen LogP contribution in [0.25, 0.3) is 6.08 Å². The van der Waals surface area contributed by atoms with E-state index in [0.29, 0.717) is 25.1 Å². The third-order valence-electron chi connectivity index (χ3n) is 2.46. The van der Waals surface area contributed by atoms with Gasteiger partial charge in [0.05, 0.1) is 7.11 Å². The molecule has 1 amide bonds. The Morgan fingerprint density at radius 2 is 2.21 bits per heavy atom. The van der Waals surface area contributed by atoms with Crippen molar-refractivity contribution >= 4 is 40.5 Å². The monoisotopic (exact) mass is 377 g/mol. The first-order valence-electron chi connectivity index (χ1n) is 5.78. The first-order valence-corrected chi connectivity index (χ1v) is 6.86. The van der Waals surface area contributed by atoms with Crippen LogP contribution in [0.1, 0.15) is 18.6 Å². The Labute approximate surface area is 125 Å². The first kappa shape index (κ1) is 15.7. The average molecular weight is 377 g/mol. The van der Waals surface area contributed by atoms with Gasteiger partial charge in [0.25, 0.3) is 0 Å². The molecular formula is C13H16INO4. The molecule has 1 aromatic rings. The van der Waals surface area contributed by atoms with Crippen molar-refractivity contribution in [3.63, 3.8) is 0 Å². The normalized spacial score (nSPS) is 10.7. The highest BCUT2D eigenvalue weighted by atomic mass is 127. The van der Waals surface area contributed by atoms with Crippen molar-refractivity contribution in [3.05, 3.63) is 27.7 Å². The highest BCUT2D eigenvalue weighted by Gasteiger charge is 2.07. The predicted molar refractivity (Wildman–Crippen MR) is 79.3 cm³/mol. The molecule has 0 radical (unpaired) electrons. The lowest BCUT2D eigenvalue weighted by atomic mass is 10.3. The number of nitrogens with zero attached hydrogens (tertiary/aromatic N) is 1. The molecule has 0 saturated heterocycles. The molecule has 0 saturated carbocycles. The van der Waals surface area contributed by atoms with Crippen LogP contribution in [0.15, 0.2) is 22.6 Å². The van der Waals surface area contributed by atoms with Crippen molar-refractivity contribution in [2.24, 2.45) is 0 Å².